The normalized spacial score (nSPS) is 30.7. The number of nitrogens with zero attached hydrogens (tertiary/aromatic N) is 2. The lowest BCUT2D eigenvalue weighted by Gasteiger charge is -2.42. The molecule has 3 heterocycles. The number of amides is 2. The molecule has 2 atom stereocenters. The Morgan fingerprint density at radius 1 is 1.19 bits per heavy atom. The number of hydrogen-bond acceptors (Lipinski definition) is 3. The molecule has 27 heavy (non-hydrogen) atoms. The number of nitrogens with one attached hydrogen (secondary N) is 1. The number of aryl methyl sites for hydroxylation is 1. The summed E-state index contributed by atoms with van der Waals surface area (Å²) in [7, 11) is 2.05. The number of hydrogen-bond donors (Lipinski definition) is 1. The molecule has 0 aromatic heterocycles. The highest BCUT2D eigenvalue weighted by Crippen LogP contribution is 2.37. The number of likely N-dealkylation sites (tertiary alicyclic amines) is 2. The second-order valence-corrected chi connectivity index (χ2v) is 9.54. The fourth-order valence-electron chi connectivity index (χ4n) is 5.34. The summed E-state index contributed by atoms with van der Waals surface area (Å²) in [6.07, 6.45) is 3.87. The molecule has 5 heteroatoms. The van der Waals surface area contributed by atoms with E-state index in [0.29, 0.717) is 6.54 Å². The van der Waals surface area contributed by atoms with Crippen LogP contribution in [0.5, 0.6) is 0 Å². The van der Waals surface area contributed by atoms with E-state index in [1.807, 2.05) is 24.3 Å². The van der Waals surface area contributed by atoms with Crippen molar-refractivity contribution in [2.45, 2.75) is 45.1 Å². The zero-order valence-electron chi connectivity index (χ0n) is 16.8. The van der Waals surface area contributed by atoms with Gasteiger partial charge in [-0.3, -0.25) is 9.59 Å². The van der Waals surface area contributed by atoms with Crippen molar-refractivity contribution in [3.63, 3.8) is 0 Å². The minimum atomic E-state index is -0.469. The van der Waals surface area contributed by atoms with Gasteiger partial charge in [-0.25, -0.2) is 0 Å². The van der Waals surface area contributed by atoms with Crippen molar-refractivity contribution in [3.8, 4) is 0 Å². The lowest BCUT2D eigenvalue weighted by molar-refractivity contribution is -0.140. The first-order chi connectivity index (χ1) is 12.8. The maximum atomic E-state index is 13.5. The molecular formula is C22H31N3O2. The van der Waals surface area contributed by atoms with Crippen LogP contribution in [0.15, 0.2) is 24.3 Å². The van der Waals surface area contributed by atoms with Crippen LogP contribution in [0.25, 0.3) is 0 Å². The van der Waals surface area contributed by atoms with Crippen molar-refractivity contribution in [2.75, 3.05) is 33.2 Å². The number of likely N-dealkylation sites (N-methyl/N-ethyl adjacent to an activating group) is 1. The van der Waals surface area contributed by atoms with Gasteiger partial charge in [0.25, 0.3) is 5.91 Å². The molecular weight excluding hydrogens is 338 g/mol. The average molecular weight is 370 g/mol. The van der Waals surface area contributed by atoms with Gasteiger partial charge in [-0.2, -0.15) is 0 Å². The molecule has 2 fully saturated rings. The van der Waals surface area contributed by atoms with Crippen LogP contribution < -0.4 is 5.32 Å². The van der Waals surface area contributed by atoms with Crippen LogP contribution >= 0.6 is 0 Å². The zero-order valence-corrected chi connectivity index (χ0v) is 16.8. The third-order valence-electron chi connectivity index (χ3n) is 6.69. The molecule has 1 spiro atoms. The van der Waals surface area contributed by atoms with E-state index < -0.39 is 5.54 Å². The maximum absolute atomic E-state index is 13.5. The van der Waals surface area contributed by atoms with Crippen LogP contribution in [-0.4, -0.2) is 60.4 Å². The first-order valence-electron chi connectivity index (χ1n) is 10.2. The van der Waals surface area contributed by atoms with E-state index in [4.69, 9.17) is 0 Å². The minimum absolute atomic E-state index is 0.0322. The van der Waals surface area contributed by atoms with Crippen molar-refractivity contribution in [2.24, 2.45) is 11.3 Å². The summed E-state index contributed by atoms with van der Waals surface area (Å²) in [5.41, 5.74) is 1.55. The second kappa shape index (κ2) is 6.62. The molecule has 0 saturated carbocycles. The largest absolute Gasteiger partial charge is 0.344 e. The minimum Gasteiger partial charge on any atom is -0.344 e. The smallest absolute Gasteiger partial charge is 0.252 e. The first-order valence-corrected chi connectivity index (χ1v) is 10.2. The summed E-state index contributed by atoms with van der Waals surface area (Å²) in [4.78, 5) is 30.8. The number of benzene rings is 1. The van der Waals surface area contributed by atoms with Gasteiger partial charge in [-0.1, -0.05) is 32.0 Å². The first kappa shape index (κ1) is 18.5. The Hall–Kier alpha value is -1.88. The molecule has 2 amide bonds. The summed E-state index contributed by atoms with van der Waals surface area (Å²) in [6.45, 7) is 7.59. The van der Waals surface area contributed by atoms with E-state index >= 15 is 0 Å². The highest BCUT2D eigenvalue weighted by molar-refractivity contribution is 5.97. The van der Waals surface area contributed by atoms with Crippen LogP contribution in [-0.2, 0) is 11.2 Å². The molecule has 1 N–H and O–H groups in total. The Labute approximate surface area is 162 Å². The van der Waals surface area contributed by atoms with Crippen molar-refractivity contribution in [1.29, 1.82) is 0 Å². The number of fused-ring (bicyclic) bond motifs is 1. The van der Waals surface area contributed by atoms with Crippen LogP contribution in [0.2, 0.25) is 0 Å². The molecule has 4 rings (SSSR count). The lowest BCUT2D eigenvalue weighted by atomic mass is 9.79. The molecule has 0 unspecified atom stereocenters. The molecule has 146 valence electrons. The summed E-state index contributed by atoms with van der Waals surface area (Å²) in [6, 6.07) is 7.84. The zero-order chi connectivity index (χ0) is 19.2. The van der Waals surface area contributed by atoms with E-state index in [9.17, 15) is 9.59 Å². The molecule has 3 aliphatic rings. The van der Waals surface area contributed by atoms with Gasteiger partial charge in [0.05, 0.1) is 11.5 Å². The van der Waals surface area contributed by atoms with Crippen molar-refractivity contribution in [1.82, 2.24) is 15.1 Å². The van der Waals surface area contributed by atoms with Crippen LogP contribution in [0.3, 0.4) is 0 Å². The van der Waals surface area contributed by atoms with Crippen molar-refractivity contribution < 1.29 is 9.59 Å². The molecule has 0 bridgehead atoms. The van der Waals surface area contributed by atoms with E-state index in [1.54, 1.807) is 0 Å². The van der Waals surface area contributed by atoms with Crippen LogP contribution in [0.4, 0.5) is 0 Å². The lowest BCUT2D eigenvalue weighted by Crippen LogP contribution is -2.59. The Morgan fingerprint density at radius 3 is 2.74 bits per heavy atom. The quantitative estimate of drug-likeness (QED) is 0.827. The highest BCUT2D eigenvalue weighted by atomic mass is 16.2. The van der Waals surface area contributed by atoms with Crippen LogP contribution in [0.1, 0.15) is 49.0 Å². The van der Waals surface area contributed by atoms with Crippen LogP contribution in [0, 0.1) is 11.3 Å². The molecule has 0 radical (unpaired) electrons. The Balaban J connectivity index is 1.61. The molecule has 0 aliphatic carbocycles. The van der Waals surface area contributed by atoms with E-state index in [1.165, 1.54) is 6.42 Å². The third kappa shape index (κ3) is 3.38. The fourth-order valence-corrected chi connectivity index (χ4v) is 5.34. The maximum Gasteiger partial charge on any atom is 0.252 e. The van der Waals surface area contributed by atoms with E-state index in [-0.39, 0.29) is 23.1 Å². The number of carbonyl (C=O) groups is 2. The van der Waals surface area contributed by atoms with E-state index in [2.05, 4.69) is 36.0 Å². The molecule has 5 nitrogen and oxygen atoms in total. The molecule has 3 aliphatic heterocycles. The standard InChI is InChI=1S/C22H31N3O2/c1-21(2)10-6-12-25(14-21)20(27)18-13-24(3)15-22(18)11-9-16-7-4-5-8-17(16)19(26)23-22/h4-5,7-8,18H,6,9-15H2,1-3H3,(H,23,26)/t18-,22+/m0/s1. The predicted octanol–water partition coefficient (Wildman–Crippen LogP) is 2.31. The Bertz CT molecular complexity index is 760. The Morgan fingerprint density at radius 2 is 1.96 bits per heavy atom. The van der Waals surface area contributed by atoms with Gasteiger partial charge < -0.3 is 15.1 Å². The molecule has 1 aromatic rings. The number of rotatable bonds is 1. The molecule has 2 saturated heterocycles. The predicted molar refractivity (Wildman–Crippen MR) is 106 cm³/mol. The molecule has 1 aromatic carbocycles. The van der Waals surface area contributed by atoms with E-state index in [0.717, 1.165) is 50.0 Å². The summed E-state index contributed by atoms with van der Waals surface area (Å²) in [5, 5.41) is 3.30. The number of carbonyl (C=O) groups excluding carboxylic acids is 2. The van der Waals surface area contributed by atoms with Crippen molar-refractivity contribution in [3.05, 3.63) is 35.4 Å². The Kier molecular flexibility index (Phi) is 4.53. The topological polar surface area (TPSA) is 52.7 Å². The summed E-state index contributed by atoms with van der Waals surface area (Å²) in [5.74, 6) is 0.0169. The third-order valence-corrected chi connectivity index (χ3v) is 6.69. The van der Waals surface area contributed by atoms with Gasteiger partial charge in [0.15, 0.2) is 0 Å². The van der Waals surface area contributed by atoms with Gasteiger partial charge in [-0.15, -0.1) is 0 Å². The number of piperidine rings is 1. The monoisotopic (exact) mass is 369 g/mol. The average Bonchev–Trinajstić information content (AvgIpc) is 2.86. The highest BCUT2D eigenvalue weighted by Gasteiger charge is 2.52. The van der Waals surface area contributed by atoms with Gasteiger partial charge in [-0.05, 0) is 49.8 Å². The summed E-state index contributed by atoms with van der Waals surface area (Å²) >= 11 is 0. The van der Waals surface area contributed by atoms with Gasteiger partial charge in [0.1, 0.15) is 0 Å². The van der Waals surface area contributed by atoms with Gasteiger partial charge in [0.2, 0.25) is 5.91 Å². The fraction of sp³-hybridized carbons (Fsp3) is 0.636. The summed E-state index contributed by atoms with van der Waals surface area (Å²) < 4.78 is 0. The second-order valence-electron chi connectivity index (χ2n) is 9.54. The van der Waals surface area contributed by atoms with Gasteiger partial charge >= 0.3 is 0 Å². The van der Waals surface area contributed by atoms with Crippen molar-refractivity contribution >= 4 is 11.8 Å². The SMILES string of the molecule is CN1C[C@@H](C(=O)N2CCCC(C)(C)C2)[C@@]2(CCc3ccccc3C(=O)N2)C1. The van der Waals surface area contributed by atoms with Gasteiger partial charge in [0, 0.05) is 31.7 Å².